The predicted octanol–water partition coefficient (Wildman–Crippen LogP) is -0.948. The molecule has 8 nitrogen and oxygen atoms in total. The molecule has 26 heavy (non-hydrogen) atoms. The number of hydrogen-bond donors (Lipinski definition) is 2. The number of methoxy groups -OCH3 is 1. The van der Waals surface area contributed by atoms with Crippen molar-refractivity contribution in [2.75, 3.05) is 72.7 Å². The van der Waals surface area contributed by atoms with Gasteiger partial charge in [0.1, 0.15) is 0 Å². The highest BCUT2D eigenvalue weighted by Gasteiger charge is 2.42. The van der Waals surface area contributed by atoms with Gasteiger partial charge in [-0.05, 0) is 25.9 Å². The van der Waals surface area contributed by atoms with Crippen molar-refractivity contribution in [1.29, 1.82) is 0 Å². The first-order chi connectivity index (χ1) is 12.6. The van der Waals surface area contributed by atoms with Crippen LogP contribution < -0.4 is 10.6 Å². The number of rotatable bonds is 7. The molecule has 0 aromatic rings. The van der Waals surface area contributed by atoms with Crippen LogP contribution in [0.3, 0.4) is 0 Å². The minimum Gasteiger partial charge on any atom is -0.384 e. The lowest BCUT2D eigenvalue weighted by molar-refractivity contribution is -0.136. The fourth-order valence-electron chi connectivity index (χ4n) is 4.13. The first-order valence-corrected chi connectivity index (χ1v) is 9.71. The maximum Gasteiger partial charge on any atom is 0.228 e. The first kappa shape index (κ1) is 19.5. The summed E-state index contributed by atoms with van der Waals surface area (Å²) in [6.45, 7) is 7.67. The second kappa shape index (κ2) is 9.12. The smallest absolute Gasteiger partial charge is 0.228 e. The Balaban J connectivity index is 1.48. The van der Waals surface area contributed by atoms with Crippen molar-refractivity contribution in [3.05, 3.63) is 0 Å². The number of nitrogens with one attached hydrogen (secondary N) is 2. The number of nitrogens with zero attached hydrogens (tertiary/aromatic N) is 2. The van der Waals surface area contributed by atoms with Crippen LogP contribution >= 0.6 is 0 Å². The van der Waals surface area contributed by atoms with Crippen molar-refractivity contribution in [3.63, 3.8) is 0 Å². The zero-order valence-corrected chi connectivity index (χ0v) is 15.8. The van der Waals surface area contributed by atoms with E-state index >= 15 is 0 Å². The molecule has 0 radical (unpaired) electrons. The van der Waals surface area contributed by atoms with Gasteiger partial charge in [0.05, 0.1) is 31.3 Å². The van der Waals surface area contributed by atoms with E-state index in [0.717, 1.165) is 65.3 Å². The molecule has 2 N–H and O–H groups in total. The number of morpholine rings is 1. The Labute approximate surface area is 155 Å². The van der Waals surface area contributed by atoms with E-state index in [2.05, 4.69) is 15.5 Å². The predicted molar refractivity (Wildman–Crippen MR) is 96.8 cm³/mol. The highest BCUT2D eigenvalue weighted by molar-refractivity contribution is 5.85. The molecular weight excluding hydrogens is 336 g/mol. The number of likely N-dealkylation sites (tertiary alicyclic amines) is 1. The second-order valence-corrected chi connectivity index (χ2v) is 7.63. The van der Waals surface area contributed by atoms with E-state index in [9.17, 15) is 9.59 Å². The number of ether oxygens (including phenoxy) is 2. The van der Waals surface area contributed by atoms with E-state index in [1.165, 1.54) is 0 Å². The van der Waals surface area contributed by atoms with Gasteiger partial charge in [-0.25, -0.2) is 0 Å². The average molecular weight is 368 g/mol. The molecule has 3 fully saturated rings. The van der Waals surface area contributed by atoms with Gasteiger partial charge in [-0.3, -0.25) is 14.5 Å². The normalized spacial score (nSPS) is 26.9. The molecule has 0 saturated carbocycles. The Kier molecular flexibility index (Phi) is 6.86. The summed E-state index contributed by atoms with van der Waals surface area (Å²) in [6.07, 6.45) is 1.94. The quantitative estimate of drug-likeness (QED) is 0.603. The molecule has 3 saturated heterocycles. The molecule has 1 atom stereocenters. The molecule has 0 aromatic carbocycles. The summed E-state index contributed by atoms with van der Waals surface area (Å²) in [5.41, 5.74) is -0.468. The number of piperidine rings is 1. The molecule has 0 aliphatic carbocycles. The van der Waals surface area contributed by atoms with Crippen LogP contribution in [0.15, 0.2) is 0 Å². The van der Waals surface area contributed by atoms with E-state index < -0.39 is 5.41 Å². The monoisotopic (exact) mass is 368 g/mol. The second-order valence-electron chi connectivity index (χ2n) is 7.63. The van der Waals surface area contributed by atoms with Crippen LogP contribution in [0.5, 0.6) is 0 Å². The van der Waals surface area contributed by atoms with Crippen LogP contribution in [-0.2, 0) is 19.1 Å². The van der Waals surface area contributed by atoms with Crippen molar-refractivity contribution < 1.29 is 19.1 Å². The minimum atomic E-state index is -0.468. The number of carbonyl (C=O) groups excluding carboxylic acids is 2. The molecule has 3 aliphatic rings. The summed E-state index contributed by atoms with van der Waals surface area (Å²) >= 11 is 0. The van der Waals surface area contributed by atoms with Gasteiger partial charge in [-0.1, -0.05) is 0 Å². The zero-order valence-electron chi connectivity index (χ0n) is 15.8. The summed E-state index contributed by atoms with van der Waals surface area (Å²) in [6, 6.07) is -0.0942. The van der Waals surface area contributed by atoms with Crippen molar-refractivity contribution in [2.24, 2.45) is 5.41 Å². The molecule has 0 spiro atoms. The largest absolute Gasteiger partial charge is 0.384 e. The van der Waals surface area contributed by atoms with E-state index in [1.807, 2.05) is 4.90 Å². The van der Waals surface area contributed by atoms with Gasteiger partial charge in [-0.2, -0.15) is 0 Å². The summed E-state index contributed by atoms with van der Waals surface area (Å²) in [4.78, 5) is 29.4. The molecule has 148 valence electrons. The van der Waals surface area contributed by atoms with Crippen molar-refractivity contribution in [2.45, 2.75) is 25.3 Å². The Hall–Kier alpha value is -1.22. The summed E-state index contributed by atoms with van der Waals surface area (Å²) < 4.78 is 10.7. The van der Waals surface area contributed by atoms with Crippen molar-refractivity contribution in [3.8, 4) is 0 Å². The van der Waals surface area contributed by atoms with Crippen molar-refractivity contribution in [1.82, 2.24) is 20.4 Å². The van der Waals surface area contributed by atoms with Crippen LogP contribution in [0.4, 0.5) is 0 Å². The molecule has 1 unspecified atom stereocenters. The highest BCUT2D eigenvalue weighted by Crippen LogP contribution is 2.30. The summed E-state index contributed by atoms with van der Waals surface area (Å²) in [5.74, 6) is 0.170. The van der Waals surface area contributed by atoms with Gasteiger partial charge >= 0.3 is 0 Å². The minimum absolute atomic E-state index is 0.0358. The van der Waals surface area contributed by atoms with Crippen LogP contribution in [0, 0.1) is 5.41 Å². The third-order valence-electron chi connectivity index (χ3n) is 5.80. The molecule has 3 aliphatic heterocycles. The summed E-state index contributed by atoms with van der Waals surface area (Å²) in [5, 5.41) is 6.43. The Morgan fingerprint density at radius 3 is 2.73 bits per heavy atom. The third kappa shape index (κ3) is 4.73. The van der Waals surface area contributed by atoms with Crippen LogP contribution in [0.1, 0.15) is 19.3 Å². The van der Waals surface area contributed by atoms with Crippen LogP contribution in [0.25, 0.3) is 0 Å². The molecule has 3 rings (SSSR count). The van der Waals surface area contributed by atoms with Gasteiger partial charge in [0.15, 0.2) is 0 Å². The van der Waals surface area contributed by atoms with E-state index in [4.69, 9.17) is 9.47 Å². The number of amides is 2. The first-order valence-electron chi connectivity index (χ1n) is 9.71. The molecular formula is C18H32N4O4. The number of hydrogen-bond acceptors (Lipinski definition) is 6. The molecule has 3 heterocycles. The van der Waals surface area contributed by atoms with Gasteiger partial charge in [-0.15, -0.1) is 0 Å². The summed E-state index contributed by atoms with van der Waals surface area (Å²) in [7, 11) is 1.64. The molecule has 2 amide bonds. The van der Waals surface area contributed by atoms with Gasteiger partial charge in [0.2, 0.25) is 11.8 Å². The highest BCUT2D eigenvalue weighted by atomic mass is 16.5. The maximum absolute atomic E-state index is 12.9. The van der Waals surface area contributed by atoms with E-state index in [1.54, 1.807) is 7.11 Å². The fourth-order valence-corrected chi connectivity index (χ4v) is 4.13. The third-order valence-corrected chi connectivity index (χ3v) is 5.80. The lowest BCUT2D eigenvalue weighted by Crippen LogP contribution is -2.53. The average Bonchev–Trinajstić information content (AvgIpc) is 3.01. The molecule has 0 aromatic heterocycles. The SMILES string of the molecule is COCC1(C(=O)NC2CC(=O)N(CCN3CCOCC3)C2)CCNCC1. The number of carbonyl (C=O) groups is 2. The van der Waals surface area contributed by atoms with Crippen LogP contribution in [0.2, 0.25) is 0 Å². The lowest BCUT2D eigenvalue weighted by atomic mass is 9.78. The molecule has 8 heteroatoms. The van der Waals surface area contributed by atoms with Gasteiger partial charge in [0.25, 0.3) is 0 Å². The Bertz CT molecular complexity index is 484. The van der Waals surface area contributed by atoms with Crippen LogP contribution in [-0.4, -0.2) is 100 Å². The van der Waals surface area contributed by atoms with E-state index in [0.29, 0.717) is 19.6 Å². The molecule has 0 bridgehead atoms. The topological polar surface area (TPSA) is 83.1 Å². The van der Waals surface area contributed by atoms with Gasteiger partial charge in [0, 0.05) is 46.3 Å². The zero-order chi connectivity index (χ0) is 18.4. The fraction of sp³-hybridized carbons (Fsp3) is 0.889. The Morgan fingerprint density at radius 2 is 2.04 bits per heavy atom. The Morgan fingerprint density at radius 1 is 1.31 bits per heavy atom. The van der Waals surface area contributed by atoms with E-state index in [-0.39, 0.29) is 17.9 Å². The van der Waals surface area contributed by atoms with Gasteiger partial charge < -0.3 is 25.0 Å². The van der Waals surface area contributed by atoms with Crippen molar-refractivity contribution >= 4 is 11.8 Å². The standard InChI is InChI=1S/C18H32N4O4/c1-25-14-18(2-4-19-5-3-18)17(24)20-15-12-16(23)22(13-15)7-6-21-8-10-26-11-9-21/h15,19H,2-14H2,1H3,(H,20,24). The maximum atomic E-state index is 12.9. The lowest BCUT2D eigenvalue weighted by Gasteiger charge is -2.36.